The topological polar surface area (TPSA) is 64.3 Å². The van der Waals surface area contributed by atoms with Crippen molar-refractivity contribution in [2.75, 3.05) is 13.7 Å². The molecule has 1 saturated carbocycles. The molecular formula is C13H26N2O2. The Labute approximate surface area is 104 Å². The van der Waals surface area contributed by atoms with Gasteiger partial charge in [-0.15, -0.1) is 0 Å². The van der Waals surface area contributed by atoms with Crippen molar-refractivity contribution in [3.8, 4) is 0 Å². The van der Waals surface area contributed by atoms with Crippen molar-refractivity contribution in [1.29, 1.82) is 0 Å². The molecular weight excluding hydrogens is 216 g/mol. The Morgan fingerprint density at radius 2 is 2.12 bits per heavy atom. The molecule has 0 saturated heterocycles. The standard InChI is InChI=1S/C13H26N2O2/c1-9-5-6-11(14)10(7-9)12(16)15-8-13(2,3)17-4/h9-11H,5-8,14H2,1-4H3,(H,15,16). The fourth-order valence-corrected chi connectivity index (χ4v) is 2.21. The average Bonchev–Trinajstić information content (AvgIpc) is 2.29. The second-order valence-corrected chi connectivity index (χ2v) is 5.87. The van der Waals surface area contributed by atoms with Gasteiger partial charge in [0.25, 0.3) is 0 Å². The Hall–Kier alpha value is -0.610. The fraction of sp³-hybridized carbons (Fsp3) is 0.923. The maximum absolute atomic E-state index is 12.1. The van der Waals surface area contributed by atoms with Gasteiger partial charge in [0, 0.05) is 19.7 Å². The second-order valence-electron chi connectivity index (χ2n) is 5.87. The molecule has 1 aliphatic carbocycles. The van der Waals surface area contributed by atoms with Crippen LogP contribution >= 0.6 is 0 Å². The lowest BCUT2D eigenvalue weighted by Gasteiger charge is -2.32. The second kappa shape index (κ2) is 5.83. The summed E-state index contributed by atoms with van der Waals surface area (Å²) in [6.07, 6.45) is 2.99. The minimum atomic E-state index is -0.319. The van der Waals surface area contributed by atoms with E-state index < -0.39 is 0 Å². The van der Waals surface area contributed by atoms with E-state index in [4.69, 9.17) is 10.5 Å². The predicted octanol–water partition coefficient (Wildman–Crippen LogP) is 1.29. The maximum atomic E-state index is 12.1. The first-order valence-electron chi connectivity index (χ1n) is 6.44. The van der Waals surface area contributed by atoms with Crippen LogP contribution in [-0.2, 0) is 9.53 Å². The van der Waals surface area contributed by atoms with E-state index in [1.54, 1.807) is 7.11 Å². The smallest absolute Gasteiger partial charge is 0.224 e. The van der Waals surface area contributed by atoms with Crippen molar-refractivity contribution in [1.82, 2.24) is 5.32 Å². The van der Waals surface area contributed by atoms with E-state index in [-0.39, 0.29) is 23.5 Å². The number of carbonyl (C=O) groups is 1. The summed E-state index contributed by atoms with van der Waals surface area (Å²) >= 11 is 0. The third-order valence-corrected chi connectivity index (χ3v) is 3.74. The van der Waals surface area contributed by atoms with Crippen molar-refractivity contribution < 1.29 is 9.53 Å². The van der Waals surface area contributed by atoms with E-state index in [2.05, 4.69) is 12.2 Å². The SMILES string of the molecule is COC(C)(C)CNC(=O)C1CC(C)CCC1N. The molecule has 17 heavy (non-hydrogen) atoms. The lowest BCUT2D eigenvalue weighted by Crippen LogP contribution is -2.48. The number of amides is 1. The lowest BCUT2D eigenvalue weighted by atomic mass is 9.78. The molecule has 3 atom stereocenters. The number of rotatable bonds is 4. The lowest BCUT2D eigenvalue weighted by molar-refractivity contribution is -0.128. The van der Waals surface area contributed by atoms with Crippen molar-refractivity contribution >= 4 is 5.91 Å². The van der Waals surface area contributed by atoms with Gasteiger partial charge in [-0.3, -0.25) is 4.79 Å². The first-order chi connectivity index (χ1) is 7.85. The van der Waals surface area contributed by atoms with Crippen LogP contribution in [0.25, 0.3) is 0 Å². The third-order valence-electron chi connectivity index (χ3n) is 3.74. The van der Waals surface area contributed by atoms with Crippen molar-refractivity contribution in [2.45, 2.75) is 51.7 Å². The molecule has 100 valence electrons. The number of nitrogens with two attached hydrogens (primary N) is 1. The molecule has 1 aliphatic rings. The van der Waals surface area contributed by atoms with Gasteiger partial charge in [0.05, 0.1) is 11.5 Å². The molecule has 0 heterocycles. The van der Waals surface area contributed by atoms with Crippen LogP contribution in [0.1, 0.15) is 40.0 Å². The fourth-order valence-electron chi connectivity index (χ4n) is 2.21. The van der Waals surface area contributed by atoms with Crippen LogP contribution < -0.4 is 11.1 Å². The summed E-state index contributed by atoms with van der Waals surface area (Å²) in [4.78, 5) is 12.1. The zero-order chi connectivity index (χ0) is 13.1. The Morgan fingerprint density at radius 3 is 2.71 bits per heavy atom. The zero-order valence-electron chi connectivity index (χ0n) is 11.5. The molecule has 0 aromatic carbocycles. The van der Waals surface area contributed by atoms with Crippen LogP contribution in [0.2, 0.25) is 0 Å². The Kier molecular flexibility index (Phi) is 4.95. The number of ether oxygens (including phenoxy) is 1. The van der Waals surface area contributed by atoms with Crippen LogP contribution in [0.3, 0.4) is 0 Å². The quantitative estimate of drug-likeness (QED) is 0.781. The number of nitrogens with one attached hydrogen (secondary N) is 1. The highest BCUT2D eigenvalue weighted by atomic mass is 16.5. The van der Waals surface area contributed by atoms with E-state index in [0.29, 0.717) is 12.5 Å². The van der Waals surface area contributed by atoms with Crippen LogP contribution in [0.5, 0.6) is 0 Å². The largest absolute Gasteiger partial charge is 0.377 e. The molecule has 1 amide bonds. The molecule has 3 unspecified atom stereocenters. The average molecular weight is 242 g/mol. The molecule has 0 aromatic rings. The summed E-state index contributed by atoms with van der Waals surface area (Å²) in [5.41, 5.74) is 5.70. The first-order valence-corrected chi connectivity index (χ1v) is 6.44. The molecule has 0 spiro atoms. The van der Waals surface area contributed by atoms with Crippen molar-refractivity contribution in [2.24, 2.45) is 17.6 Å². The highest BCUT2D eigenvalue weighted by molar-refractivity contribution is 5.79. The molecule has 1 fully saturated rings. The minimum absolute atomic E-state index is 0.0110. The molecule has 0 aliphatic heterocycles. The maximum Gasteiger partial charge on any atom is 0.224 e. The highest BCUT2D eigenvalue weighted by Crippen LogP contribution is 2.28. The van der Waals surface area contributed by atoms with Gasteiger partial charge in [-0.2, -0.15) is 0 Å². The molecule has 1 rings (SSSR count). The Balaban J connectivity index is 2.46. The Morgan fingerprint density at radius 1 is 1.47 bits per heavy atom. The Bertz CT molecular complexity index is 266. The first kappa shape index (κ1) is 14.5. The summed E-state index contributed by atoms with van der Waals surface area (Å²) in [6, 6.07) is 0.0110. The van der Waals surface area contributed by atoms with Gasteiger partial charge in [0.1, 0.15) is 0 Å². The molecule has 4 heteroatoms. The summed E-state index contributed by atoms with van der Waals surface area (Å²) in [5.74, 6) is 0.640. The van der Waals surface area contributed by atoms with E-state index in [1.807, 2.05) is 13.8 Å². The zero-order valence-corrected chi connectivity index (χ0v) is 11.5. The van der Waals surface area contributed by atoms with Crippen LogP contribution in [0.15, 0.2) is 0 Å². The molecule has 4 nitrogen and oxygen atoms in total. The van der Waals surface area contributed by atoms with Gasteiger partial charge in [-0.25, -0.2) is 0 Å². The summed E-state index contributed by atoms with van der Waals surface area (Å²) in [5, 5.41) is 2.95. The molecule has 3 N–H and O–H groups in total. The van der Waals surface area contributed by atoms with Gasteiger partial charge in [-0.1, -0.05) is 6.92 Å². The van der Waals surface area contributed by atoms with E-state index in [9.17, 15) is 4.79 Å². The monoisotopic (exact) mass is 242 g/mol. The molecule has 0 bridgehead atoms. The summed E-state index contributed by atoms with van der Waals surface area (Å²) in [7, 11) is 1.65. The van der Waals surface area contributed by atoms with E-state index >= 15 is 0 Å². The molecule has 0 aromatic heterocycles. The number of carbonyl (C=O) groups excluding carboxylic acids is 1. The number of hydrogen-bond donors (Lipinski definition) is 2. The normalized spacial score (nSPS) is 30.1. The molecule has 0 radical (unpaired) electrons. The van der Waals surface area contributed by atoms with Gasteiger partial charge >= 0.3 is 0 Å². The predicted molar refractivity (Wildman–Crippen MR) is 68.6 cm³/mol. The van der Waals surface area contributed by atoms with Crippen LogP contribution in [0.4, 0.5) is 0 Å². The third kappa shape index (κ3) is 4.28. The van der Waals surface area contributed by atoms with Gasteiger partial charge in [-0.05, 0) is 39.0 Å². The van der Waals surface area contributed by atoms with Crippen LogP contribution in [0, 0.1) is 11.8 Å². The number of methoxy groups -OCH3 is 1. The summed E-state index contributed by atoms with van der Waals surface area (Å²) in [6.45, 7) is 6.62. The highest BCUT2D eigenvalue weighted by Gasteiger charge is 2.32. The van der Waals surface area contributed by atoms with Crippen molar-refractivity contribution in [3.05, 3.63) is 0 Å². The minimum Gasteiger partial charge on any atom is -0.377 e. The van der Waals surface area contributed by atoms with Gasteiger partial charge < -0.3 is 15.8 Å². The van der Waals surface area contributed by atoms with Gasteiger partial charge in [0.2, 0.25) is 5.91 Å². The van der Waals surface area contributed by atoms with Crippen LogP contribution in [-0.4, -0.2) is 31.2 Å². The van der Waals surface area contributed by atoms with Gasteiger partial charge in [0.15, 0.2) is 0 Å². The summed E-state index contributed by atoms with van der Waals surface area (Å²) < 4.78 is 5.28. The van der Waals surface area contributed by atoms with Crippen molar-refractivity contribution in [3.63, 3.8) is 0 Å². The van der Waals surface area contributed by atoms with E-state index in [0.717, 1.165) is 19.3 Å². The number of hydrogen-bond acceptors (Lipinski definition) is 3. The van der Waals surface area contributed by atoms with E-state index in [1.165, 1.54) is 0 Å².